The lowest BCUT2D eigenvalue weighted by Crippen LogP contribution is -2.50. The summed E-state index contributed by atoms with van der Waals surface area (Å²) in [6.45, 7) is 5.99. The van der Waals surface area contributed by atoms with Crippen LogP contribution in [0.4, 0.5) is 5.69 Å². The fourth-order valence-electron chi connectivity index (χ4n) is 4.68. The van der Waals surface area contributed by atoms with Gasteiger partial charge in [-0.1, -0.05) is 30.5 Å². The summed E-state index contributed by atoms with van der Waals surface area (Å²) >= 11 is 6.12. The molecule has 1 saturated carbocycles. The molecule has 33 heavy (non-hydrogen) atoms. The minimum atomic E-state index is -0.496. The maximum Gasteiger partial charge on any atom is 0.259 e. The summed E-state index contributed by atoms with van der Waals surface area (Å²) in [7, 11) is 0. The van der Waals surface area contributed by atoms with E-state index in [-0.39, 0.29) is 29.1 Å². The van der Waals surface area contributed by atoms with Gasteiger partial charge in [-0.3, -0.25) is 14.4 Å². The van der Waals surface area contributed by atoms with Crippen LogP contribution in [-0.2, 0) is 0 Å². The summed E-state index contributed by atoms with van der Waals surface area (Å²) in [6.07, 6.45) is 7.48. The first-order valence-corrected chi connectivity index (χ1v) is 12.1. The summed E-state index contributed by atoms with van der Waals surface area (Å²) in [5, 5.41) is 3.47. The van der Waals surface area contributed by atoms with Crippen molar-refractivity contribution in [3.05, 3.63) is 63.0 Å². The van der Waals surface area contributed by atoms with Crippen LogP contribution < -0.4 is 15.6 Å². The second-order valence-corrected chi connectivity index (χ2v) is 9.62. The number of pyridine rings is 1. The zero-order valence-corrected chi connectivity index (χ0v) is 20.0. The molecule has 2 heterocycles. The molecular weight excluding hydrogens is 440 g/mol. The van der Waals surface area contributed by atoms with Gasteiger partial charge in [0.15, 0.2) is 0 Å². The molecule has 8 heteroatoms. The van der Waals surface area contributed by atoms with Crippen molar-refractivity contribution in [2.24, 2.45) is 0 Å². The van der Waals surface area contributed by atoms with Crippen LogP contribution >= 0.6 is 11.6 Å². The van der Waals surface area contributed by atoms with Crippen LogP contribution in [0.1, 0.15) is 66.3 Å². The standard InChI is InChI=1S/C25H31ClN4O3/c1-17(2)27-24(32)21-15-30(19-7-3-4-8-19)16-22(23(21)31)25(33)29-12-10-28(11-13-29)20-9-5-6-18(26)14-20/h5-6,9,14-17,19H,3-4,7-8,10-13H2,1-2H3,(H,27,32). The van der Waals surface area contributed by atoms with Gasteiger partial charge in [-0.15, -0.1) is 0 Å². The minimum absolute atomic E-state index is 0.0408. The molecule has 176 valence electrons. The zero-order chi connectivity index (χ0) is 23.5. The molecule has 1 aromatic carbocycles. The second-order valence-electron chi connectivity index (χ2n) is 9.19. The monoisotopic (exact) mass is 470 g/mol. The predicted octanol–water partition coefficient (Wildman–Crippen LogP) is 3.72. The number of carbonyl (C=O) groups excluding carboxylic acids is 2. The van der Waals surface area contributed by atoms with Crippen LogP contribution in [0.5, 0.6) is 0 Å². The van der Waals surface area contributed by atoms with E-state index in [1.54, 1.807) is 17.3 Å². The number of amides is 2. The lowest BCUT2D eigenvalue weighted by Gasteiger charge is -2.36. The van der Waals surface area contributed by atoms with Crippen molar-refractivity contribution in [3.8, 4) is 0 Å². The first-order chi connectivity index (χ1) is 15.8. The summed E-state index contributed by atoms with van der Waals surface area (Å²) in [5.74, 6) is -0.737. The quantitative estimate of drug-likeness (QED) is 0.722. The van der Waals surface area contributed by atoms with Gasteiger partial charge in [0, 0.05) is 61.4 Å². The van der Waals surface area contributed by atoms with Crippen molar-refractivity contribution in [3.63, 3.8) is 0 Å². The average molecular weight is 471 g/mol. The lowest BCUT2D eigenvalue weighted by molar-refractivity contribution is 0.0744. The number of benzene rings is 1. The fourth-order valence-corrected chi connectivity index (χ4v) is 4.86. The molecule has 1 aliphatic heterocycles. The molecule has 4 rings (SSSR count). The van der Waals surface area contributed by atoms with Crippen molar-refractivity contribution >= 4 is 29.1 Å². The van der Waals surface area contributed by atoms with Gasteiger partial charge < -0.3 is 19.7 Å². The van der Waals surface area contributed by atoms with Crippen LogP contribution in [0.2, 0.25) is 5.02 Å². The first-order valence-electron chi connectivity index (χ1n) is 11.7. The smallest absolute Gasteiger partial charge is 0.259 e. The average Bonchev–Trinajstić information content (AvgIpc) is 3.33. The molecule has 1 N–H and O–H groups in total. The third kappa shape index (κ3) is 5.24. The number of rotatable bonds is 5. The number of piperazine rings is 1. The molecule has 0 radical (unpaired) electrons. The molecule has 7 nitrogen and oxygen atoms in total. The zero-order valence-electron chi connectivity index (χ0n) is 19.2. The Morgan fingerprint density at radius 3 is 2.33 bits per heavy atom. The van der Waals surface area contributed by atoms with Crippen LogP contribution in [-0.4, -0.2) is 53.5 Å². The van der Waals surface area contributed by atoms with Crippen LogP contribution in [0.25, 0.3) is 0 Å². The van der Waals surface area contributed by atoms with E-state index in [0.717, 1.165) is 31.4 Å². The van der Waals surface area contributed by atoms with Crippen LogP contribution in [0, 0.1) is 0 Å². The Labute approximate surface area is 199 Å². The number of aromatic nitrogens is 1. The molecule has 2 aliphatic rings. The van der Waals surface area contributed by atoms with Crippen LogP contribution in [0.15, 0.2) is 41.5 Å². The molecule has 1 aliphatic carbocycles. The molecule has 1 saturated heterocycles. The number of anilines is 1. The van der Waals surface area contributed by atoms with Gasteiger partial charge in [0.25, 0.3) is 11.8 Å². The Kier molecular flexibility index (Phi) is 7.08. The van der Waals surface area contributed by atoms with E-state index < -0.39 is 11.3 Å². The maximum absolute atomic E-state index is 13.4. The fraction of sp³-hybridized carbons (Fsp3) is 0.480. The minimum Gasteiger partial charge on any atom is -0.368 e. The van der Waals surface area contributed by atoms with Gasteiger partial charge in [-0.2, -0.15) is 0 Å². The Morgan fingerprint density at radius 1 is 1.03 bits per heavy atom. The Morgan fingerprint density at radius 2 is 1.70 bits per heavy atom. The maximum atomic E-state index is 13.4. The molecule has 0 unspecified atom stereocenters. The van der Waals surface area contributed by atoms with Gasteiger partial charge in [-0.25, -0.2) is 0 Å². The highest BCUT2D eigenvalue weighted by molar-refractivity contribution is 6.30. The first kappa shape index (κ1) is 23.4. The van der Waals surface area contributed by atoms with Gasteiger partial charge in [0.1, 0.15) is 11.1 Å². The lowest BCUT2D eigenvalue weighted by atomic mass is 10.1. The largest absolute Gasteiger partial charge is 0.368 e. The number of carbonyl (C=O) groups is 2. The number of nitrogens with zero attached hydrogens (tertiary/aromatic N) is 3. The highest BCUT2D eigenvalue weighted by Gasteiger charge is 2.28. The van der Waals surface area contributed by atoms with Crippen LogP contribution in [0.3, 0.4) is 0 Å². The highest BCUT2D eigenvalue weighted by atomic mass is 35.5. The SMILES string of the molecule is CC(C)NC(=O)c1cn(C2CCCC2)cc(C(=O)N2CCN(c3cccc(Cl)c3)CC2)c1=O. The normalized spacial score (nSPS) is 17.0. The third-order valence-electron chi connectivity index (χ3n) is 6.43. The molecular formula is C25H31ClN4O3. The highest BCUT2D eigenvalue weighted by Crippen LogP contribution is 2.29. The van der Waals surface area contributed by atoms with E-state index in [1.165, 1.54) is 0 Å². The Balaban J connectivity index is 1.58. The van der Waals surface area contributed by atoms with Gasteiger partial charge >= 0.3 is 0 Å². The van der Waals surface area contributed by atoms with E-state index in [0.29, 0.717) is 31.2 Å². The van der Waals surface area contributed by atoms with Crippen molar-refractivity contribution in [2.75, 3.05) is 31.1 Å². The van der Waals surface area contributed by atoms with Crippen molar-refractivity contribution in [1.29, 1.82) is 0 Å². The Bertz CT molecular complexity index is 1080. The van der Waals surface area contributed by atoms with E-state index >= 15 is 0 Å². The summed E-state index contributed by atoms with van der Waals surface area (Å²) in [4.78, 5) is 43.3. The van der Waals surface area contributed by atoms with Crippen molar-refractivity contribution < 1.29 is 9.59 Å². The number of nitrogens with one attached hydrogen (secondary N) is 1. The number of hydrogen-bond acceptors (Lipinski definition) is 4. The van der Waals surface area contributed by atoms with Gasteiger partial charge in [-0.05, 0) is 44.9 Å². The second kappa shape index (κ2) is 10.00. The molecule has 1 aromatic heterocycles. The summed E-state index contributed by atoms with van der Waals surface area (Å²) < 4.78 is 1.92. The van der Waals surface area contributed by atoms with E-state index in [1.807, 2.05) is 42.7 Å². The van der Waals surface area contributed by atoms with Gasteiger partial charge in [0.2, 0.25) is 5.43 Å². The molecule has 2 aromatic rings. The Hall–Kier alpha value is -2.80. The number of hydrogen-bond donors (Lipinski definition) is 1. The molecule has 0 atom stereocenters. The summed E-state index contributed by atoms with van der Waals surface area (Å²) in [5.41, 5.74) is 0.642. The summed E-state index contributed by atoms with van der Waals surface area (Å²) in [6, 6.07) is 7.77. The predicted molar refractivity (Wildman–Crippen MR) is 130 cm³/mol. The molecule has 0 spiro atoms. The molecule has 2 fully saturated rings. The number of halogens is 1. The van der Waals surface area contributed by atoms with Gasteiger partial charge in [0.05, 0.1) is 0 Å². The molecule has 0 bridgehead atoms. The van der Waals surface area contributed by atoms with Crippen molar-refractivity contribution in [1.82, 2.24) is 14.8 Å². The molecule has 2 amide bonds. The van der Waals surface area contributed by atoms with E-state index in [9.17, 15) is 14.4 Å². The van der Waals surface area contributed by atoms with E-state index in [2.05, 4.69) is 10.2 Å². The van der Waals surface area contributed by atoms with Crippen molar-refractivity contribution in [2.45, 2.75) is 51.6 Å². The third-order valence-corrected chi connectivity index (χ3v) is 6.66. The topological polar surface area (TPSA) is 74.7 Å². The van der Waals surface area contributed by atoms with E-state index in [4.69, 9.17) is 11.6 Å².